The molecule has 78 valence electrons. The maximum absolute atomic E-state index is 11.7. The second-order valence-corrected chi connectivity index (χ2v) is 3.76. The van der Waals surface area contributed by atoms with Crippen LogP contribution in [0.15, 0.2) is 18.2 Å². The van der Waals surface area contributed by atoms with Crippen LogP contribution in [0.3, 0.4) is 0 Å². The van der Waals surface area contributed by atoms with E-state index in [1.165, 1.54) is 0 Å². The quantitative estimate of drug-likeness (QED) is 0.680. The second kappa shape index (κ2) is 3.38. The van der Waals surface area contributed by atoms with E-state index in [9.17, 15) is 9.59 Å². The van der Waals surface area contributed by atoms with Crippen LogP contribution in [0.5, 0.6) is 0 Å². The molecular weight excluding hydrogens is 192 g/mol. The minimum Gasteiger partial charge on any atom is -0.377 e. The van der Waals surface area contributed by atoms with Gasteiger partial charge in [-0.15, -0.1) is 0 Å². The summed E-state index contributed by atoms with van der Waals surface area (Å²) in [5.74, 6) is -0.533. The minimum atomic E-state index is -0.300. The van der Waals surface area contributed by atoms with Crippen molar-refractivity contribution in [2.75, 3.05) is 19.0 Å². The number of nitrogens with zero attached hydrogens (tertiary/aromatic N) is 1. The molecular formula is C11H12N2O2. The van der Waals surface area contributed by atoms with Crippen molar-refractivity contribution in [2.24, 2.45) is 0 Å². The van der Waals surface area contributed by atoms with Gasteiger partial charge < -0.3 is 4.90 Å². The Hall–Kier alpha value is -1.84. The van der Waals surface area contributed by atoms with Gasteiger partial charge in [0, 0.05) is 19.8 Å². The number of anilines is 1. The number of amides is 2. The Balaban J connectivity index is 2.59. The van der Waals surface area contributed by atoms with Crippen LogP contribution in [0.25, 0.3) is 0 Å². The topological polar surface area (TPSA) is 49.4 Å². The summed E-state index contributed by atoms with van der Waals surface area (Å²) in [6, 6.07) is 5.55. The fraction of sp³-hybridized carbons (Fsp3) is 0.273. The smallest absolute Gasteiger partial charge is 0.260 e. The van der Waals surface area contributed by atoms with Gasteiger partial charge in [0.1, 0.15) is 0 Å². The molecule has 0 aliphatic carbocycles. The number of carbonyl (C=O) groups excluding carboxylic acids is 2. The highest BCUT2D eigenvalue weighted by Gasteiger charge is 2.25. The van der Waals surface area contributed by atoms with Gasteiger partial charge in [-0.3, -0.25) is 14.9 Å². The first-order chi connectivity index (χ1) is 7.09. The van der Waals surface area contributed by atoms with E-state index in [0.717, 1.165) is 11.3 Å². The van der Waals surface area contributed by atoms with Gasteiger partial charge in [-0.1, -0.05) is 12.1 Å². The summed E-state index contributed by atoms with van der Waals surface area (Å²) >= 11 is 0. The Morgan fingerprint density at radius 2 is 2.00 bits per heavy atom. The Morgan fingerprint density at radius 3 is 2.67 bits per heavy atom. The molecule has 0 saturated carbocycles. The van der Waals surface area contributed by atoms with Crippen LogP contribution >= 0.6 is 0 Å². The highest BCUT2D eigenvalue weighted by atomic mass is 16.2. The molecule has 2 rings (SSSR count). The number of fused-ring (bicyclic) bond motifs is 1. The van der Waals surface area contributed by atoms with Crippen LogP contribution < -0.4 is 10.2 Å². The Morgan fingerprint density at radius 1 is 1.27 bits per heavy atom. The number of hydrogen-bond donors (Lipinski definition) is 1. The molecule has 1 aliphatic heterocycles. The van der Waals surface area contributed by atoms with E-state index in [4.69, 9.17) is 0 Å². The van der Waals surface area contributed by atoms with Crippen molar-refractivity contribution in [3.8, 4) is 0 Å². The summed E-state index contributed by atoms with van der Waals surface area (Å²) in [5.41, 5.74) is 2.26. The lowest BCUT2D eigenvalue weighted by atomic mass is 9.98. The average Bonchev–Trinajstić information content (AvgIpc) is 2.16. The van der Waals surface area contributed by atoms with Gasteiger partial charge in [0.25, 0.3) is 5.91 Å². The Kier molecular flexibility index (Phi) is 2.19. The van der Waals surface area contributed by atoms with Gasteiger partial charge in [0.05, 0.1) is 12.0 Å². The summed E-state index contributed by atoms with van der Waals surface area (Å²) in [7, 11) is 3.75. The van der Waals surface area contributed by atoms with Crippen molar-refractivity contribution >= 4 is 17.5 Å². The van der Waals surface area contributed by atoms with E-state index in [-0.39, 0.29) is 18.2 Å². The van der Waals surface area contributed by atoms with Crippen LogP contribution in [0, 0.1) is 0 Å². The summed E-state index contributed by atoms with van der Waals surface area (Å²) in [6.07, 6.45) is 0.281. The first-order valence-electron chi connectivity index (χ1n) is 4.73. The zero-order valence-electron chi connectivity index (χ0n) is 8.70. The molecule has 1 aromatic carbocycles. The molecule has 0 spiro atoms. The minimum absolute atomic E-state index is 0.233. The van der Waals surface area contributed by atoms with Gasteiger partial charge in [0.2, 0.25) is 5.91 Å². The first kappa shape index (κ1) is 9.71. The third-order valence-corrected chi connectivity index (χ3v) is 2.44. The summed E-state index contributed by atoms with van der Waals surface area (Å²) in [6.45, 7) is 0. The van der Waals surface area contributed by atoms with E-state index in [0.29, 0.717) is 5.56 Å². The van der Waals surface area contributed by atoms with E-state index < -0.39 is 0 Å². The fourth-order valence-corrected chi connectivity index (χ4v) is 1.78. The molecule has 0 atom stereocenters. The maximum atomic E-state index is 11.7. The molecule has 0 fully saturated rings. The standard InChI is InChI=1S/C11H12N2O2/c1-13(2)8-5-3-4-7-6-9(14)12-11(15)10(7)8/h3-5H,6H2,1-2H3,(H,12,14,15). The van der Waals surface area contributed by atoms with E-state index >= 15 is 0 Å². The SMILES string of the molecule is CN(C)c1cccc2c1C(=O)NC(=O)C2. The van der Waals surface area contributed by atoms with Crippen LogP contribution in [0.2, 0.25) is 0 Å². The summed E-state index contributed by atoms with van der Waals surface area (Å²) in [4.78, 5) is 24.7. The maximum Gasteiger partial charge on any atom is 0.260 e. The number of hydrogen-bond acceptors (Lipinski definition) is 3. The van der Waals surface area contributed by atoms with Gasteiger partial charge in [-0.25, -0.2) is 0 Å². The van der Waals surface area contributed by atoms with Crippen molar-refractivity contribution in [3.05, 3.63) is 29.3 Å². The largest absolute Gasteiger partial charge is 0.377 e. The van der Waals surface area contributed by atoms with Crippen molar-refractivity contribution in [1.82, 2.24) is 5.32 Å². The average molecular weight is 204 g/mol. The predicted octanol–water partition coefficient (Wildman–Crippen LogP) is 0.565. The number of carbonyl (C=O) groups is 2. The molecule has 0 aromatic heterocycles. The molecule has 1 aromatic rings. The summed E-state index contributed by atoms with van der Waals surface area (Å²) < 4.78 is 0. The predicted molar refractivity (Wildman–Crippen MR) is 56.9 cm³/mol. The van der Waals surface area contributed by atoms with E-state index in [1.54, 1.807) is 0 Å². The lowest BCUT2D eigenvalue weighted by Gasteiger charge is -2.22. The molecule has 15 heavy (non-hydrogen) atoms. The van der Waals surface area contributed by atoms with Crippen LogP contribution in [0.1, 0.15) is 15.9 Å². The molecule has 0 bridgehead atoms. The fourth-order valence-electron chi connectivity index (χ4n) is 1.78. The van der Waals surface area contributed by atoms with Crippen LogP contribution in [0.4, 0.5) is 5.69 Å². The van der Waals surface area contributed by atoms with Gasteiger partial charge in [0.15, 0.2) is 0 Å². The normalized spacial score (nSPS) is 14.5. The first-order valence-corrected chi connectivity index (χ1v) is 4.73. The lowest BCUT2D eigenvalue weighted by molar-refractivity contribution is -0.119. The number of nitrogens with one attached hydrogen (secondary N) is 1. The zero-order valence-corrected chi connectivity index (χ0v) is 8.70. The molecule has 2 amide bonds. The van der Waals surface area contributed by atoms with Crippen molar-refractivity contribution in [1.29, 1.82) is 0 Å². The number of benzene rings is 1. The van der Waals surface area contributed by atoms with E-state index in [2.05, 4.69) is 5.32 Å². The van der Waals surface area contributed by atoms with Crippen LogP contribution in [-0.4, -0.2) is 25.9 Å². The summed E-state index contributed by atoms with van der Waals surface area (Å²) in [5, 5.41) is 2.33. The second-order valence-electron chi connectivity index (χ2n) is 3.76. The molecule has 1 heterocycles. The molecule has 0 radical (unpaired) electrons. The molecule has 0 saturated heterocycles. The van der Waals surface area contributed by atoms with Crippen LogP contribution in [-0.2, 0) is 11.2 Å². The molecule has 4 heteroatoms. The van der Waals surface area contributed by atoms with Gasteiger partial charge >= 0.3 is 0 Å². The number of imide groups is 1. The third-order valence-electron chi connectivity index (χ3n) is 2.44. The highest BCUT2D eigenvalue weighted by molar-refractivity contribution is 6.12. The molecule has 1 N–H and O–H groups in total. The zero-order chi connectivity index (χ0) is 11.0. The Labute approximate surface area is 87.9 Å². The third kappa shape index (κ3) is 1.58. The molecule has 1 aliphatic rings. The monoisotopic (exact) mass is 204 g/mol. The van der Waals surface area contributed by atoms with Crippen molar-refractivity contribution < 1.29 is 9.59 Å². The van der Waals surface area contributed by atoms with Crippen molar-refractivity contribution in [3.63, 3.8) is 0 Å². The Bertz CT molecular complexity index is 438. The number of rotatable bonds is 1. The molecule has 0 unspecified atom stereocenters. The van der Waals surface area contributed by atoms with E-state index in [1.807, 2.05) is 37.2 Å². The van der Waals surface area contributed by atoms with Gasteiger partial charge in [-0.05, 0) is 11.6 Å². The van der Waals surface area contributed by atoms with Crippen molar-refractivity contribution in [2.45, 2.75) is 6.42 Å². The lowest BCUT2D eigenvalue weighted by Crippen LogP contribution is -2.38. The van der Waals surface area contributed by atoms with Gasteiger partial charge in [-0.2, -0.15) is 0 Å². The molecule has 4 nitrogen and oxygen atoms in total. The highest BCUT2D eigenvalue weighted by Crippen LogP contribution is 2.24.